The number of rotatable bonds is 4. The van der Waals surface area contributed by atoms with E-state index in [2.05, 4.69) is 28.0 Å². The van der Waals surface area contributed by atoms with Gasteiger partial charge in [0.1, 0.15) is 0 Å². The molecule has 1 aliphatic rings. The monoisotopic (exact) mass is 380 g/mol. The third kappa shape index (κ3) is 4.36. The summed E-state index contributed by atoms with van der Waals surface area (Å²) in [6.45, 7) is 0. The first-order valence-corrected chi connectivity index (χ1v) is 7.67. The minimum Gasteiger partial charge on any atom is -0.271 e. The lowest BCUT2D eigenvalue weighted by Gasteiger charge is -2.31. The quantitative estimate of drug-likeness (QED) is 0.471. The normalized spacial score (nSPS) is 24.1. The first-order chi connectivity index (χ1) is 9.00. The van der Waals surface area contributed by atoms with Gasteiger partial charge in [0.05, 0.1) is 0 Å². The van der Waals surface area contributed by atoms with Gasteiger partial charge in [-0.05, 0) is 65.5 Å². The molecule has 1 fully saturated rings. The van der Waals surface area contributed by atoms with Gasteiger partial charge in [-0.3, -0.25) is 11.3 Å². The Morgan fingerprint density at radius 3 is 2.63 bits per heavy atom. The van der Waals surface area contributed by atoms with Gasteiger partial charge in [-0.15, -0.1) is 0 Å². The van der Waals surface area contributed by atoms with Crippen LogP contribution in [0.2, 0.25) is 0 Å². The molecule has 2 atom stereocenters. The van der Waals surface area contributed by atoms with Crippen LogP contribution < -0.4 is 11.3 Å². The molecule has 2 unspecified atom stereocenters. The van der Waals surface area contributed by atoms with Crippen molar-refractivity contribution in [3.63, 3.8) is 0 Å². The highest BCUT2D eigenvalue weighted by Crippen LogP contribution is 2.40. The molecular formula is C14H19F2IN2. The van der Waals surface area contributed by atoms with Crippen LogP contribution >= 0.6 is 22.6 Å². The second-order valence-electron chi connectivity index (χ2n) is 5.32. The summed E-state index contributed by atoms with van der Waals surface area (Å²) < 4.78 is 28.0. The van der Waals surface area contributed by atoms with Gasteiger partial charge in [-0.2, -0.15) is 0 Å². The van der Waals surface area contributed by atoms with Crippen molar-refractivity contribution in [2.45, 2.75) is 44.1 Å². The Bertz CT molecular complexity index is 408. The minimum absolute atomic E-state index is 0.00442. The average Bonchev–Trinajstić information content (AvgIpc) is 2.36. The summed E-state index contributed by atoms with van der Waals surface area (Å²) in [5.74, 6) is 3.14. The van der Waals surface area contributed by atoms with E-state index in [-0.39, 0.29) is 24.8 Å². The summed E-state index contributed by atoms with van der Waals surface area (Å²) in [7, 11) is 0. The fourth-order valence-electron chi connectivity index (χ4n) is 2.81. The lowest BCUT2D eigenvalue weighted by Crippen LogP contribution is -2.33. The zero-order valence-corrected chi connectivity index (χ0v) is 12.9. The van der Waals surface area contributed by atoms with Gasteiger partial charge in [0.25, 0.3) is 0 Å². The molecule has 1 aromatic carbocycles. The van der Waals surface area contributed by atoms with Crippen molar-refractivity contribution in [1.82, 2.24) is 5.43 Å². The second kappa shape index (κ2) is 6.45. The van der Waals surface area contributed by atoms with Crippen LogP contribution in [-0.4, -0.2) is 5.92 Å². The SMILES string of the molecule is NNC(CC1CCCC(F)(F)C1)c1ccc(I)cc1. The molecule has 0 amide bonds. The number of halogens is 3. The highest BCUT2D eigenvalue weighted by atomic mass is 127. The lowest BCUT2D eigenvalue weighted by molar-refractivity contribution is -0.0548. The Balaban J connectivity index is 2.01. The van der Waals surface area contributed by atoms with Crippen LogP contribution in [0, 0.1) is 9.49 Å². The molecule has 19 heavy (non-hydrogen) atoms. The molecule has 1 aromatic rings. The predicted molar refractivity (Wildman–Crippen MR) is 80.7 cm³/mol. The van der Waals surface area contributed by atoms with Crippen LogP contribution in [0.4, 0.5) is 8.78 Å². The van der Waals surface area contributed by atoms with E-state index in [1.54, 1.807) is 0 Å². The zero-order valence-electron chi connectivity index (χ0n) is 10.7. The molecule has 0 bridgehead atoms. The Hall–Kier alpha value is -0.270. The van der Waals surface area contributed by atoms with E-state index in [9.17, 15) is 8.78 Å². The minimum atomic E-state index is -2.49. The average molecular weight is 380 g/mol. The van der Waals surface area contributed by atoms with Crippen molar-refractivity contribution in [3.8, 4) is 0 Å². The van der Waals surface area contributed by atoms with E-state index >= 15 is 0 Å². The van der Waals surface area contributed by atoms with Gasteiger partial charge in [-0.25, -0.2) is 8.78 Å². The van der Waals surface area contributed by atoms with Crippen LogP contribution in [0.1, 0.15) is 43.7 Å². The van der Waals surface area contributed by atoms with E-state index in [1.165, 1.54) is 0 Å². The molecule has 0 saturated heterocycles. The van der Waals surface area contributed by atoms with E-state index in [0.29, 0.717) is 12.8 Å². The summed E-state index contributed by atoms with van der Waals surface area (Å²) in [6.07, 6.45) is 2.19. The summed E-state index contributed by atoms with van der Waals surface area (Å²) in [5.41, 5.74) is 3.83. The van der Waals surface area contributed by atoms with Crippen LogP contribution in [-0.2, 0) is 0 Å². The highest BCUT2D eigenvalue weighted by Gasteiger charge is 2.36. The zero-order chi connectivity index (χ0) is 13.9. The standard InChI is InChI=1S/C14H19F2IN2/c15-14(16)7-1-2-10(9-14)8-13(19-18)11-3-5-12(17)6-4-11/h3-6,10,13,19H,1-2,7-9,18H2. The van der Waals surface area contributed by atoms with Gasteiger partial charge in [-0.1, -0.05) is 12.1 Å². The molecular weight excluding hydrogens is 361 g/mol. The Kier molecular flexibility index (Phi) is 5.14. The maximum atomic E-state index is 13.4. The van der Waals surface area contributed by atoms with Gasteiger partial charge in [0.15, 0.2) is 0 Å². The summed E-state index contributed by atoms with van der Waals surface area (Å²) >= 11 is 2.24. The number of nitrogens with one attached hydrogen (secondary N) is 1. The van der Waals surface area contributed by atoms with E-state index in [1.807, 2.05) is 24.3 Å². The molecule has 2 rings (SSSR count). The Morgan fingerprint density at radius 2 is 2.05 bits per heavy atom. The first kappa shape index (κ1) is 15.1. The Labute approximate surface area is 126 Å². The largest absolute Gasteiger partial charge is 0.271 e. The topological polar surface area (TPSA) is 38.0 Å². The molecule has 1 saturated carbocycles. The fourth-order valence-corrected chi connectivity index (χ4v) is 3.17. The summed E-state index contributed by atoms with van der Waals surface area (Å²) in [6, 6.07) is 7.99. The molecule has 3 N–H and O–H groups in total. The van der Waals surface area contributed by atoms with Crippen molar-refractivity contribution in [1.29, 1.82) is 0 Å². The van der Waals surface area contributed by atoms with E-state index in [4.69, 9.17) is 5.84 Å². The van der Waals surface area contributed by atoms with E-state index < -0.39 is 5.92 Å². The van der Waals surface area contributed by atoms with Crippen LogP contribution in [0.5, 0.6) is 0 Å². The lowest BCUT2D eigenvalue weighted by atomic mass is 9.81. The number of benzene rings is 1. The third-order valence-electron chi connectivity index (χ3n) is 3.78. The molecule has 5 heteroatoms. The molecule has 0 heterocycles. The van der Waals surface area contributed by atoms with Crippen molar-refractivity contribution in [2.24, 2.45) is 11.8 Å². The third-order valence-corrected chi connectivity index (χ3v) is 4.50. The van der Waals surface area contributed by atoms with Crippen molar-refractivity contribution >= 4 is 22.6 Å². The van der Waals surface area contributed by atoms with Gasteiger partial charge in [0, 0.05) is 22.5 Å². The van der Waals surface area contributed by atoms with Crippen LogP contribution in [0.3, 0.4) is 0 Å². The summed E-state index contributed by atoms with van der Waals surface area (Å²) in [4.78, 5) is 0. The number of hydrazine groups is 1. The molecule has 0 spiro atoms. The van der Waals surface area contributed by atoms with Gasteiger partial charge in [0.2, 0.25) is 5.92 Å². The van der Waals surface area contributed by atoms with Gasteiger partial charge < -0.3 is 0 Å². The maximum absolute atomic E-state index is 13.4. The number of nitrogens with two attached hydrogens (primary N) is 1. The molecule has 106 valence electrons. The van der Waals surface area contributed by atoms with Crippen molar-refractivity contribution in [3.05, 3.63) is 33.4 Å². The smallest absolute Gasteiger partial charge is 0.248 e. The van der Waals surface area contributed by atoms with Gasteiger partial charge >= 0.3 is 0 Å². The van der Waals surface area contributed by atoms with E-state index in [0.717, 1.165) is 15.6 Å². The molecule has 1 aliphatic carbocycles. The number of alkyl halides is 2. The maximum Gasteiger partial charge on any atom is 0.248 e. The van der Waals surface area contributed by atoms with Crippen molar-refractivity contribution < 1.29 is 8.78 Å². The molecule has 2 nitrogen and oxygen atoms in total. The molecule has 0 aliphatic heterocycles. The predicted octanol–water partition coefficient (Wildman–Crippen LogP) is 4.01. The summed E-state index contributed by atoms with van der Waals surface area (Å²) in [5, 5.41) is 0. The fraction of sp³-hybridized carbons (Fsp3) is 0.571. The molecule has 0 radical (unpaired) electrons. The second-order valence-corrected chi connectivity index (χ2v) is 6.57. The number of hydrogen-bond donors (Lipinski definition) is 2. The Morgan fingerprint density at radius 1 is 1.37 bits per heavy atom. The highest BCUT2D eigenvalue weighted by molar-refractivity contribution is 14.1. The first-order valence-electron chi connectivity index (χ1n) is 6.59. The van der Waals surface area contributed by atoms with Crippen LogP contribution in [0.25, 0.3) is 0 Å². The number of hydrogen-bond acceptors (Lipinski definition) is 2. The van der Waals surface area contributed by atoms with Crippen LogP contribution in [0.15, 0.2) is 24.3 Å². The van der Waals surface area contributed by atoms with Crippen molar-refractivity contribution in [2.75, 3.05) is 0 Å². The molecule has 0 aromatic heterocycles.